The van der Waals surface area contributed by atoms with Crippen LogP contribution < -0.4 is 10.1 Å². The van der Waals surface area contributed by atoms with Gasteiger partial charge in [0.1, 0.15) is 0 Å². The Morgan fingerprint density at radius 3 is 2.65 bits per heavy atom. The van der Waals surface area contributed by atoms with Crippen molar-refractivity contribution in [2.45, 2.75) is 0 Å². The molecule has 0 spiro atoms. The molecular weight excluding hydrogens is 396 g/mol. The van der Waals surface area contributed by atoms with Crippen LogP contribution in [0.4, 0.5) is 10.1 Å². The third-order valence-corrected chi connectivity index (χ3v) is 4.16. The number of amides is 1. The maximum absolute atomic E-state index is 13.5. The smallest absolute Gasteiger partial charge is 0.255 e. The van der Waals surface area contributed by atoms with Gasteiger partial charge in [0.25, 0.3) is 5.91 Å². The molecule has 0 unspecified atom stereocenters. The zero-order chi connectivity index (χ0) is 14.7. The predicted octanol–water partition coefficient (Wildman–Crippen LogP) is 4.34. The van der Waals surface area contributed by atoms with E-state index in [0.717, 1.165) is 3.57 Å². The lowest BCUT2D eigenvalue weighted by atomic mass is 10.2. The SMILES string of the molecule is COc1ccc(NC(=O)c2ccc(I)c(Cl)c2)cc1F. The summed E-state index contributed by atoms with van der Waals surface area (Å²) >= 11 is 8.03. The summed E-state index contributed by atoms with van der Waals surface area (Å²) in [6, 6.07) is 9.18. The molecule has 1 amide bonds. The van der Waals surface area contributed by atoms with Gasteiger partial charge in [-0.1, -0.05) is 11.6 Å². The number of rotatable bonds is 3. The molecule has 2 aromatic rings. The Labute approximate surface area is 134 Å². The first kappa shape index (κ1) is 15.1. The third kappa shape index (κ3) is 3.40. The second-order valence-electron chi connectivity index (χ2n) is 3.93. The summed E-state index contributed by atoms with van der Waals surface area (Å²) in [7, 11) is 1.38. The Bertz CT molecular complexity index is 664. The fourth-order valence-electron chi connectivity index (χ4n) is 1.58. The third-order valence-electron chi connectivity index (χ3n) is 2.59. The maximum Gasteiger partial charge on any atom is 0.255 e. The van der Waals surface area contributed by atoms with E-state index in [4.69, 9.17) is 16.3 Å². The van der Waals surface area contributed by atoms with Crippen molar-refractivity contribution in [3.05, 3.63) is 56.4 Å². The topological polar surface area (TPSA) is 38.3 Å². The lowest BCUT2D eigenvalue weighted by Crippen LogP contribution is -2.12. The van der Waals surface area contributed by atoms with Gasteiger partial charge in [0.05, 0.1) is 12.1 Å². The highest BCUT2D eigenvalue weighted by molar-refractivity contribution is 14.1. The van der Waals surface area contributed by atoms with Crippen LogP contribution in [0, 0.1) is 9.39 Å². The molecule has 20 heavy (non-hydrogen) atoms. The second kappa shape index (κ2) is 6.41. The fourth-order valence-corrected chi connectivity index (χ4v) is 2.10. The van der Waals surface area contributed by atoms with Crippen LogP contribution in [-0.2, 0) is 0 Å². The summed E-state index contributed by atoms with van der Waals surface area (Å²) in [5, 5.41) is 3.10. The Kier molecular flexibility index (Phi) is 4.82. The summed E-state index contributed by atoms with van der Waals surface area (Å²) in [5.74, 6) is -0.765. The zero-order valence-electron chi connectivity index (χ0n) is 10.4. The van der Waals surface area contributed by atoms with Gasteiger partial charge >= 0.3 is 0 Å². The van der Waals surface area contributed by atoms with E-state index in [1.54, 1.807) is 24.3 Å². The molecular formula is C14H10ClFINO2. The minimum absolute atomic E-state index is 0.125. The minimum Gasteiger partial charge on any atom is -0.494 e. The zero-order valence-corrected chi connectivity index (χ0v) is 13.3. The van der Waals surface area contributed by atoms with E-state index in [0.29, 0.717) is 16.3 Å². The van der Waals surface area contributed by atoms with Crippen molar-refractivity contribution in [2.24, 2.45) is 0 Å². The van der Waals surface area contributed by atoms with Crippen LogP contribution >= 0.6 is 34.2 Å². The number of ether oxygens (including phenoxy) is 1. The van der Waals surface area contributed by atoms with Crippen LogP contribution in [0.15, 0.2) is 36.4 Å². The Morgan fingerprint density at radius 2 is 2.05 bits per heavy atom. The average Bonchev–Trinajstić information content (AvgIpc) is 2.42. The number of hydrogen-bond acceptors (Lipinski definition) is 2. The molecule has 6 heteroatoms. The van der Waals surface area contributed by atoms with Crippen molar-refractivity contribution in [1.82, 2.24) is 0 Å². The molecule has 104 valence electrons. The molecule has 0 heterocycles. The predicted molar refractivity (Wildman–Crippen MR) is 85.1 cm³/mol. The van der Waals surface area contributed by atoms with Crippen LogP contribution in [0.5, 0.6) is 5.75 Å². The number of benzene rings is 2. The molecule has 0 aliphatic heterocycles. The van der Waals surface area contributed by atoms with Crippen LogP contribution in [0.25, 0.3) is 0 Å². The van der Waals surface area contributed by atoms with Gasteiger partial charge in [-0.15, -0.1) is 0 Å². The number of carbonyl (C=O) groups is 1. The van der Waals surface area contributed by atoms with Crippen molar-refractivity contribution in [1.29, 1.82) is 0 Å². The molecule has 0 atom stereocenters. The summed E-state index contributed by atoms with van der Waals surface area (Å²) in [4.78, 5) is 12.0. The van der Waals surface area contributed by atoms with E-state index in [2.05, 4.69) is 27.9 Å². The number of halogens is 3. The molecule has 0 aromatic heterocycles. The van der Waals surface area contributed by atoms with E-state index in [1.165, 1.54) is 19.2 Å². The Morgan fingerprint density at radius 1 is 1.30 bits per heavy atom. The highest BCUT2D eigenvalue weighted by Gasteiger charge is 2.10. The summed E-state index contributed by atoms with van der Waals surface area (Å²) < 4.78 is 19.2. The van der Waals surface area contributed by atoms with Gasteiger partial charge in [-0.05, 0) is 52.9 Å². The molecule has 0 saturated heterocycles. The standard InChI is InChI=1S/C14H10ClFINO2/c1-20-13-5-3-9(7-11(13)16)18-14(19)8-2-4-12(17)10(15)6-8/h2-7H,1H3,(H,18,19). The van der Waals surface area contributed by atoms with Crippen molar-refractivity contribution in [3.8, 4) is 5.75 Å². The minimum atomic E-state index is -0.536. The summed E-state index contributed by atoms with van der Waals surface area (Å²) in [6.45, 7) is 0. The van der Waals surface area contributed by atoms with Gasteiger partial charge in [-0.25, -0.2) is 4.39 Å². The number of nitrogens with one attached hydrogen (secondary N) is 1. The Hall–Kier alpha value is -1.34. The molecule has 0 fully saturated rings. The first-order chi connectivity index (χ1) is 9.51. The molecule has 0 aliphatic rings. The largest absolute Gasteiger partial charge is 0.494 e. The molecule has 0 saturated carbocycles. The van der Waals surface area contributed by atoms with Crippen molar-refractivity contribution < 1.29 is 13.9 Å². The fraction of sp³-hybridized carbons (Fsp3) is 0.0714. The van der Waals surface area contributed by atoms with E-state index in [-0.39, 0.29) is 11.7 Å². The normalized spacial score (nSPS) is 10.2. The number of carbonyl (C=O) groups excluding carboxylic acids is 1. The summed E-state index contributed by atoms with van der Waals surface area (Å²) in [5.41, 5.74) is 0.759. The lowest BCUT2D eigenvalue weighted by molar-refractivity contribution is 0.102. The molecule has 3 nitrogen and oxygen atoms in total. The average molecular weight is 406 g/mol. The van der Waals surface area contributed by atoms with E-state index in [1.807, 2.05) is 0 Å². The van der Waals surface area contributed by atoms with Crippen molar-refractivity contribution in [2.75, 3.05) is 12.4 Å². The highest BCUT2D eigenvalue weighted by atomic mass is 127. The Balaban J connectivity index is 2.19. The molecule has 2 rings (SSSR count). The monoisotopic (exact) mass is 405 g/mol. The number of anilines is 1. The molecule has 0 radical (unpaired) electrons. The van der Waals surface area contributed by atoms with Gasteiger partial charge in [0.15, 0.2) is 11.6 Å². The van der Waals surface area contributed by atoms with E-state index >= 15 is 0 Å². The molecule has 0 bridgehead atoms. The van der Waals surface area contributed by atoms with Crippen molar-refractivity contribution in [3.63, 3.8) is 0 Å². The maximum atomic E-state index is 13.5. The van der Waals surface area contributed by atoms with E-state index < -0.39 is 5.82 Å². The van der Waals surface area contributed by atoms with Crippen LogP contribution in [0.3, 0.4) is 0 Å². The number of hydrogen-bond donors (Lipinski definition) is 1. The van der Waals surface area contributed by atoms with Gasteiger partial charge < -0.3 is 10.1 Å². The van der Waals surface area contributed by atoms with Gasteiger partial charge in [-0.3, -0.25) is 4.79 Å². The second-order valence-corrected chi connectivity index (χ2v) is 5.50. The van der Waals surface area contributed by atoms with Gasteiger partial charge in [-0.2, -0.15) is 0 Å². The first-order valence-corrected chi connectivity index (χ1v) is 7.07. The van der Waals surface area contributed by atoms with Gasteiger partial charge in [0.2, 0.25) is 0 Å². The number of methoxy groups -OCH3 is 1. The molecule has 2 aromatic carbocycles. The van der Waals surface area contributed by atoms with Gasteiger partial charge in [0, 0.05) is 20.9 Å². The quantitative estimate of drug-likeness (QED) is 0.771. The molecule has 1 N–H and O–H groups in total. The highest BCUT2D eigenvalue weighted by Crippen LogP contribution is 2.23. The van der Waals surface area contributed by atoms with Crippen LogP contribution in [0.1, 0.15) is 10.4 Å². The first-order valence-electron chi connectivity index (χ1n) is 5.61. The lowest BCUT2D eigenvalue weighted by Gasteiger charge is -2.08. The van der Waals surface area contributed by atoms with Crippen LogP contribution in [0.2, 0.25) is 5.02 Å². The van der Waals surface area contributed by atoms with Crippen molar-refractivity contribution >= 4 is 45.8 Å². The van der Waals surface area contributed by atoms with Crippen LogP contribution in [-0.4, -0.2) is 13.0 Å². The molecule has 0 aliphatic carbocycles. The summed E-state index contributed by atoms with van der Waals surface area (Å²) in [6.07, 6.45) is 0. The van der Waals surface area contributed by atoms with E-state index in [9.17, 15) is 9.18 Å².